The number of hydrogen-bond donors (Lipinski definition) is 2. The van der Waals surface area contributed by atoms with Crippen molar-refractivity contribution in [3.8, 4) is 0 Å². The van der Waals surface area contributed by atoms with Crippen molar-refractivity contribution in [3.63, 3.8) is 0 Å². The van der Waals surface area contributed by atoms with Gasteiger partial charge < -0.3 is 10.1 Å². The number of nitrogens with one attached hydrogen (secondary N) is 1. The quantitative estimate of drug-likeness (QED) is 0.813. The van der Waals surface area contributed by atoms with Crippen LogP contribution in [0.2, 0.25) is 0 Å². The van der Waals surface area contributed by atoms with Gasteiger partial charge in [-0.25, -0.2) is 4.79 Å². The molecule has 1 aromatic heterocycles. The highest BCUT2D eigenvalue weighted by molar-refractivity contribution is 7.99. The molecule has 0 amide bonds. The van der Waals surface area contributed by atoms with Crippen molar-refractivity contribution < 1.29 is 9.90 Å². The average molecular weight is 225 g/mol. The van der Waals surface area contributed by atoms with Crippen LogP contribution in [0, 0.1) is 6.92 Å². The Morgan fingerprint density at radius 3 is 2.73 bits per heavy atom. The predicted octanol–water partition coefficient (Wildman–Crippen LogP) is 2.63. The van der Waals surface area contributed by atoms with E-state index in [1.165, 1.54) is 11.5 Å². The molecule has 0 atom stereocenters. The summed E-state index contributed by atoms with van der Waals surface area (Å²) in [6, 6.07) is 1.99. The molecule has 0 bridgehead atoms. The lowest BCUT2D eigenvalue weighted by atomic mass is 9.99. The van der Waals surface area contributed by atoms with Gasteiger partial charge in [-0.1, -0.05) is 0 Å². The summed E-state index contributed by atoms with van der Waals surface area (Å²) in [6.07, 6.45) is 2.31. The lowest BCUT2D eigenvalue weighted by molar-refractivity contribution is 0.0690. The van der Waals surface area contributed by atoms with Crippen LogP contribution in [0.1, 0.15) is 40.5 Å². The topological polar surface area (TPSA) is 53.1 Å². The van der Waals surface area contributed by atoms with Gasteiger partial charge in [-0.3, -0.25) is 0 Å². The van der Waals surface area contributed by atoms with E-state index >= 15 is 0 Å². The molecule has 3 nitrogen and oxygen atoms in total. The molecule has 2 N–H and O–H groups in total. The molecule has 0 unspecified atom stereocenters. The van der Waals surface area contributed by atoms with Gasteiger partial charge in [0.25, 0.3) is 0 Å². The number of thioether (sulfide) groups is 1. The zero-order valence-corrected chi connectivity index (χ0v) is 9.56. The number of aromatic nitrogens is 1. The molecule has 1 fully saturated rings. The molecule has 0 spiro atoms. The molecule has 1 aliphatic rings. The third-order valence-corrected chi connectivity index (χ3v) is 3.96. The minimum Gasteiger partial charge on any atom is -0.477 e. The summed E-state index contributed by atoms with van der Waals surface area (Å²) in [6.45, 7) is 1.85. The van der Waals surface area contributed by atoms with E-state index in [9.17, 15) is 4.79 Å². The van der Waals surface area contributed by atoms with Gasteiger partial charge in [0.2, 0.25) is 0 Å². The van der Waals surface area contributed by atoms with E-state index in [2.05, 4.69) is 4.98 Å². The average Bonchev–Trinajstić information content (AvgIpc) is 2.62. The highest BCUT2D eigenvalue weighted by atomic mass is 32.2. The fourth-order valence-corrected chi connectivity index (χ4v) is 3.14. The predicted molar refractivity (Wildman–Crippen MR) is 61.8 cm³/mol. The summed E-state index contributed by atoms with van der Waals surface area (Å²) in [5.74, 6) is 2.04. The van der Waals surface area contributed by atoms with Crippen LogP contribution in [0.5, 0.6) is 0 Å². The molecule has 1 aliphatic heterocycles. The first-order valence-electron chi connectivity index (χ1n) is 5.19. The number of carbonyl (C=O) groups is 1. The van der Waals surface area contributed by atoms with E-state index in [0.29, 0.717) is 11.6 Å². The summed E-state index contributed by atoms with van der Waals surface area (Å²) < 4.78 is 0. The largest absolute Gasteiger partial charge is 0.477 e. The van der Waals surface area contributed by atoms with Gasteiger partial charge in [-0.05, 0) is 42.9 Å². The molecule has 1 saturated heterocycles. The van der Waals surface area contributed by atoms with Gasteiger partial charge in [0.1, 0.15) is 5.69 Å². The summed E-state index contributed by atoms with van der Waals surface area (Å²) in [4.78, 5) is 13.9. The molecule has 2 heterocycles. The Labute approximate surface area is 93.3 Å². The number of hydrogen-bond acceptors (Lipinski definition) is 2. The van der Waals surface area contributed by atoms with Crippen LogP contribution in [0.25, 0.3) is 0 Å². The van der Waals surface area contributed by atoms with Crippen molar-refractivity contribution in [1.29, 1.82) is 0 Å². The molecule has 0 radical (unpaired) electrons. The van der Waals surface area contributed by atoms with Gasteiger partial charge in [0, 0.05) is 11.6 Å². The summed E-state index contributed by atoms with van der Waals surface area (Å²) in [5.41, 5.74) is 2.30. The van der Waals surface area contributed by atoms with Crippen molar-refractivity contribution in [1.82, 2.24) is 4.98 Å². The van der Waals surface area contributed by atoms with Crippen LogP contribution >= 0.6 is 11.8 Å². The molecular weight excluding hydrogens is 210 g/mol. The van der Waals surface area contributed by atoms with E-state index in [1.54, 1.807) is 0 Å². The smallest absolute Gasteiger partial charge is 0.352 e. The van der Waals surface area contributed by atoms with E-state index in [0.717, 1.165) is 24.1 Å². The van der Waals surface area contributed by atoms with Crippen LogP contribution < -0.4 is 0 Å². The van der Waals surface area contributed by atoms with Crippen LogP contribution in [-0.4, -0.2) is 27.6 Å². The van der Waals surface area contributed by atoms with E-state index < -0.39 is 5.97 Å². The Morgan fingerprint density at radius 1 is 1.53 bits per heavy atom. The van der Waals surface area contributed by atoms with Crippen LogP contribution in [-0.2, 0) is 0 Å². The van der Waals surface area contributed by atoms with Gasteiger partial charge >= 0.3 is 5.97 Å². The van der Waals surface area contributed by atoms with Crippen LogP contribution in [0.3, 0.4) is 0 Å². The van der Waals surface area contributed by atoms with E-state index in [1.807, 2.05) is 24.8 Å². The Balaban J connectivity index is 2.21. The minimum atomic E-state index is -0.857. The van der Waals surface area contributed by atoms with Crippen LogP contribution in [0.15, 0.2) is 6.07 Å². The van der Waals surface area contributed by atoms with Gasteiger partial charge in [0.15, 0.2) is 0 Å². The first kappa shape index (κ1) is 10.6. The fourth-order valence-electron chi connectivity index (χ4n) is 2.04. The number of aryl methyl sites for hydroxylation is 1. The highest BCUT2D eigenvalue weighted by Crippen LogP contribution is 2.31. The molecule has 1 aromatic rings. The number of rotatable bonds is 2. The second-order valence-corrected chi connectivity index (χ2v) is 5.20. The maximum atomic E-state index is 10.9. The number of H-pyrrole nitrogens is 1. The normalized spacial score (nSPS) is 17.9. The number of carboxylic acid groups (broad SMARTS) is 1. The van der Waals surface area contributed by atoms with Crippen molar-refractivity contribution in [3.05, 3.63) is 23.0 Å². The number of carboxylic acids is 1. The molecule has 0 saturated carbocycles. The van der Waals surface area contributed by atoms with Gasteiger partial charge in [-0.15, -0.1) is 0 Å². The van der Waals surface area contributed by atoms with Crippen LogP contribution in [0.4, 0.5) is 0 Å². The number of aromatic carboxylic acids is 1. The third-order valence-electron chi connectivity index (χ3n) is 2.91. The molecule has 0 aliphatic carbocycles. The zero-order valence-electron chi connectivity index (χ0n) is 8.75. The van der Waals surface area contributed by atoms with Crippen molar-refractivity contribution >= 4 is 17.7 Å². The molecule has 0 aromatic carbocycles. The van der Waals surface area contributed by atoms with E-state index in [4.69, 9.17) is 5.11 Å². The Hall–Kier alpha value is -0.900. The lowest BCUT2D eigenvalue weighted by Crippen LogP contribution is -2.08. The SMILES string of the molecule is Cc1cc(C2CCSCC2)[nH]c1C(=O)O. The third kappa shape index (κ3) is 2.20. The lowest BCUT2D eigenvalue weighted by Gasteiger charge is -2.19. The summed E-state index contributed by atoms with van der Waals surface area (Å²) in [5, 5.41) is 8.94. The van der Waals surface area contributed by atoms with Crippen molar-refractivity contribution in [2.24, 2.45) is 0 Å². The molecule has 15 heavy (non-hydrogen) atoms. The maximum Gasteiger partial charge on any atom is 0.352 e. The van der Waals surface area contributed by atoms with Crippen molar-refractivity contribution in [2.75, 3.05) is 11.5 Å². The zero-order chi connectivity index (χ0) is 10.8. The first-order chi connectivity index (χ1) is 7.18. The van der Waals surface area contributed by atoms with Crippen molar-refractivity contribution in [2.45, 2.75) is 25.7 Å². The Morgan fingerprint density at radius 2 is 2.20 bits per heavy atom. The monoisotopic (exact) mass is 225 g/mol. The number of aromatic amines is 1. The van der Waals surface area contributed by atoms with Gasteiger partial charge in [0.05, 0.1) is 0 Å². The molecule has 82 valence electrons. The minimum absolute atomic E-state index is 0.350. The first-order valence-corrected chi connectivity index (χ1v) is 6.34. The Kier molecular flexibility index (Phi) is 3.05. The molecule has 2 rings (SSSR count). The maximum absolute atomic E-state index is 10.9. The summed E-state index contributed by atoms with van der Waals surface area (Å²) in [7, 11) is 0. The van der Waals surface area contributed by atoms with Gasteiger partial charge in [-0.2, -0.15) is 11.8 Å². The Bertz CT molecular complexity index is 367. The standard InChI is InChI=1S/C11H15NO2S/c1-7-6-9(12-10(7)11(13)14)8-2-4-15-5-3-8/h6,8,12H,2-5H2,1H3,(H,13,14). The molecular formula is C11H15NO2S. The highest BCUT2D eigenvalue weighted by Gasteiger charge is 2.20. The fraction of sp³-hybridized carbons (Fsp3) is 0.545. The summed E-state index contributed by atoms with van der Waals surface area (Å²) >= 11 is 1.98. The molecule has 4 heteroatoms. The van der Waals surface area contributed by atoms with E-state index in [-0.39, 0.29) is 0 Å². The second-order valence-electron chi connectivity index (χ2n) is 3.97. The second kappa shape index (κ2) is 4.31.